The molecule has 11 heteroatoms. The fourth-order valence-corrected chi connectivity index (χ4v) is 5.86. The number of carboxylic acids is 3. The predicted octanol–water partition coefficient (Wildman–Crippen LogP) is 6.38. The van der Waals surface area contributed by atoms with Crippen LogP contribution in [0, 0.1) is 17.8 Å². The summed E-state index contributed by atoms with van der Waals surface area (Å²) >= 11 is 0. The van der Waals surface area contributed by atoms with Gasteiger partial charge in [0.15, 0.2) is 5.79 Å². The Kier molecular flexibility index (Phi) is 16.0. The zero-order chi connectivity index (χ0) is 36.1. The molecule has 0 amide bonds. The molecule has 0 bridgehead atoms. The average molecular weight is 675 g/mol. The van der Waals surface area contributed by atoms with Crippen molar-refractivity contribution >= 4 is 23.9 Å². The molecule has 2 saturated heterocycles. The zero-order valence-corrected chi connectivity index (χ0v) is 29.1. The lowest BCUT2D eigenvalue weighted by molar-refractivity contribution is -0.345. The third-order valence-corrected chi connectivity index (χ3v) is 8.97. The van der Waals surface area contributed by atoms with Gasteiger partial charge in [0, 0.05) is 30.9 Å². The fraction of sp³-hybridized carbons (Fsp3) is 0.622. The van der Waals surface area contributed by atoms with Crippen molar-refractivity contribution in [1.29, 1.82) is 0 Å². The van der Waals surface area contributed by atoms with Crippen LogP contribution < -0.4 is 0 Å². The Hall–Kier alpha value is -3.54. The number of carbonyl (C=O) groups is 4. The minimum Gasteiger partial charge on any atom is -0.481 e. The van der Waals surface area contributed by atoms with Gasteiger partial charge >= 0.3 is 23.9 Å². The maximum atomic E-state index is 13.0. The SMILES string of the molecule is CC(=CC(=O)O)/C=C/[C@@H]1O[C@@]2(CC[C@H](C)[C@@H](C/C=C(C)/C=C/[C@H](O)[C@@H](C)/C=C/C(=O)O)O2)CC[C@@]1(CCC(C)C)OC(=O)CCC(=O)O. The molecule has 7 atom stereocenters. The van der Waals surface area contributed by atoms with Gasteiger partial charge in [0.2, 0.25) is 0 Å². The van der Waals surface area contributed by atoms with Gasteiger partial charge in [0.25, 0.3) is 0 Å². The van der Waals surface area contributed by atoms with Gasteiger partial charge in [-0.3, -0.25) is 9.59 Å². The molecule has 0 aliphatic carbocycles. The Morgan fingerprint density at radius 3 is 2.23 bits per heavy atom. The summed E-state index contributed by atoms with van der Waals surface area (Å²) in [6, 6.07) is 0. The second-order valence-corrected chi connectivity index (χ2v) is 13.7. The third kappa shape index (κ3) is 13.5. The molecular formula is C37H54O11. The van der Waals surface area contributed by atoms with Crippen molar-refractivity contribution in [2.75, 3.05) is 0 Å². The highest BCUT2D eigenvalue weighted by Gasteiger charge is 2.54. The fourth-order valence-electron chi connectivity index (χ4n) is 5.86. The molecule has 1 spiro atoms. The summed E-state index contributed by atoms with van der Waals surface area (Å²) in [5.74, 6) is -4.71. The zero-order valence-electron chi connectivity index (χ0n) is 29.1. The van der Waals surface area contributed by atoms with Gasteiger partial charge in [-0.2, -0.15) is 0 Å². The molecule has 0 aromatic rings. The summed E-state index contributed by atoms with van der Waals surface area (Å²) in [5, 5.41) is 37.6. The standard InChI is InChI=1S/C37H54O11/c1-24(2)17-19-36(48-35(45)16-15-33(41)42)21-22-37(47-31(36)13-9-26(4)23-34(43)44)20-18-28(6)30(46-37)12-8-25(3)7-11-29(38)27(5)10-14-32(39)40/h7-11,13-14,23-24,27-31,38H,12,15-22H2,1-6H3,(H,39,40)(H,41,42)(H,43,44)/b11-7+,13-9+,14-10+,25-8+,26-23?/t27-,28-,29-,30+,31-,36+,37-/m0/s1. The molecule has 2 aliphatic rings. The van der Waals surface area contributed by atoms with E-state index in [1.807, 2.05) is 13.0 Å². The van der Waals surface area contributed by atoms with E-state index in [-0.39, 0.29) is 30.8 Å². The number of allylic oxidation sites excluding steroid dienone is 4. The lowest BCUT2D eigenvalue weighted by atomic mass is 9.77. The van der Waals surface area contributed by atoms with Gasteiger partial charge in [-0.05, 0) is 63.4 Å². The summed E-state index contributed by atoms with van der Waals surface area (Å²) in [4.78, 5) is 46.2. The first-order valence-electron chi connectivity index (χ1n) is 16.8. The first-order valence-corrected chi connectivity index (χ1v) is 16.8. The molecule has 0 saturated carbocycles. The van der Waals surface area contributed by atoms with Crippen molar-refractivity contribution in [2.24, 2.45) is 17.8 Å². The summed E-state index contributed by atoms with van der Waals surface area (Å²) in [5.41, 5.74) is 0.292. The molecule has 0 aromatic heterocycles. The Morgan fingerprint density at radius 1 is 0.896 bits per heavy atom. The summed E-state index contributed by atoms with van der Waals surface area (Å²) in [6.07, 6.45) is 14.0. The Morgan fingerprint density at radius 2 is 1.60 bits per heavy atom. The van der Waals surface area contributed by atoms with Gasteiger partial charge in [0.05, 0.1) is 25.0 Å². The Labute approximate surface area is 284 Å². The van der Waals surface area contributed by atoms with Crippen LogP contribution in [-0.4, -0.2) is 74.0 Å². The van der Waals surface area contributed by atoms with Crippen molar-refractivity contribution in [2.45, 2.75) is 129 Å². The number of carbonyl (C=O) groups excluding carboxylic acids is 1. The molecule has 0 radical (unpaired) electrons. The number of aliphatic hydroxyl groups is 1. The van der Waals surface area contributed by atoms with E-state index >= 15 is 0 Å². The van der Waals surface area contributed by atoms with Gasteiger partial charge in [-0.25, -0.2) is 9.59 Å². The van der Waals surface area contributed by atoms with Crippen LogP contribution in [-0.2, 0) is 33.4 Å². The normalized spacial score (nSPS) is 28.4. The third-order valence-electron chi connectivity index (χ3n) is 8.97. The molecule has 11 nitrogen and oxygen atoms in total. The highest BCUT2D eigenvalue weighted by Crippen LogP contribution is 2.48. The number of ether oxygens (including phenoxy) is 3. The number of aliphatic carboxylic acids is 3. The molecule has 2 heterocycles. The van der Waals surface area contributed by atoms with E-state index in [4.69, 9.17) is 24.4 Å². The molecule has 2 fully saturated rings. The maximum absolute atomic E-state index is 13.0. The molecule has 48 heavy (non-hydrogen) atoms. The largest absolute Gasteiger partial charge is 0.481 e. The predicted molar refractivity (Wildman–Crippen MR) is 180 cm³/mol. The van der Waals surface area contributed by atoms with Crippen molar-refractivity contribution < 1.29 is 53.8 Å². The first kappa shape index (κ1) is 40.6. The molecular weight excluding hydrogens is 620 g/mol. The Bertz CT molecular complexity index is 1280. The van der Waals surface area contributed by atoms with E-state index in [1.165, 1.54) is 6.08 Å². The van der Waals surface area contributed by atoms with Gasteiger partial charge < -0.3 is 34.6 Å². The van der Waals surface area contributed by atoms with Crippen LogP contribution in [0.25, 0.3) is 0 Å². The Balaban J connectivity index is 2.34. The first-order chi connectivity index (χ1) is 22.5. The minimum atomic E-state index is -1.10. The molecule has 268 valence electrons. The van der Waals surface area contributed by atoms with Crippen molar-refractivity contribution in [3.8, 4) is 0 Å². The van der Waals surface area contributed by atoms with Crippen molar-refractivity contribution in [1.82, 2.24) is 0 Å². The lowest BCUT2D eigenvalue weighted by Crippen LogP contribution is -2.59. The van der Waals surface area contributed by atoms with Crippen LogP contribution in [0.15, 0.2) is 59.8 Å². The van der Waals surface area contributed by atoms with Gasteiger partial charge in [0.1, 0.15) is 11.7 Å². The number of esters is 1. The molecule has 2 rings (SSSR count). The lowest BCUT2D eigenvalue weighted by Gasteiger charge is -2.53. The minimum absolute atomic E-state index is 0.191. The van der Waals surface area contributed by atoms with Crippen LogP contribution >= 0.6 is 0 Å². The highest BCUT2D eigenvalue weighted by atomic mass is 16.7. The number of hydrogen-bond acceptors (Lipinski definition) is 8. The summed E-state index contributed by atoms with van der Waals surface area (Å²) in [6.45, 7) is 11.5. The molecule has 0 unspecified atom stereocenters. The second kappa shape index (κ2) is 18.9. The van der Waals surface area contributed by atoms with Gasteiger partial charge in [-0.1, -0.05) is 69.7 Å². The van der Waals surface area contributed by atoms with Crippen molar-refractivity contribution in [3.05, 3.63) is 59.8 Å². The summed E-state index contributed by atoms with van der Waals surface area (Å²) in [7, 11) is 0. The summed E-state index contributed by atoms with van der Waals surface area (Å²) < 4.78 is 19.6. The quantitative estimate of drug-likeness (QED) is 0.0765. The molecule has 2 aliphatic heterocycles. The smallest absolute Gasteiger partial charge is 0.328 e. The van der Waals surface area contributed by atoms with Crippen molar-refractivity contribution in [3.63, 3.8) is 0 Å². The monoisotopic (exact) mass is 674 g/mol. The highest BCUT2D eigenvalue weighted by molar-refractivity contribution is 5.81. The van der Waals surface area contributed by atoms with E-state index in [2.05, 4.69) is 20.8 Å². The maximum Gasteiger partial charge on any atom is 0.328 e. The van der Waals surface area contributed by atoms with E-state index in [0.29, 0.717) is 43.6 Å². The molecule has 0 aromatic carbocycles. The van der Waals surface area contributed by atoms with Crippen LogP contribution in [0.1, 0.15) is 99.3 Å². The van der Waals surface area contributed by atoms with Crippen LogP contribution in [0.5, 0.6) is 0 Å². The number of rotatable bonds is 17. The van der Waals surface area contributed by atoms with Gasteiger partial charge in [-0.15, -0.1) is 0 Å². The number of hydrogen-bond donors (Lipinski definition) is 4. The second-order valence-electron chi connectivity index (χ2n) is 13.7. The van der Waals surface area contributed by atoms with Crippen LogP contribution in [0.2, 0.25) is 0 Å². The average Bonchev–Trinajstić information content (AvgIpc) is 3.01. The number of carboxylic acid groups (broad SMARTS) is 3. The topological polar surface area (TPSA) is 177 Å². The molecule has 4 N–H and O–H groups in total. The van der Waals surface area contributed by atoms with E-state index in [0.717, 1.165) is 30.6 Å². The number of aliphatic hydroxyl groups excluding tert-OH is 1. The van der Waals surface area contributed by atoms with Crippen LogP contribution in [0.4, 0.5) is 0 Å². The van der Waals surface area contributed by atoms with E-state index in [1.54, 1.807) is 38.2 Å². The van der Waals surface area contributed by atoms with Crippen LogP contribution in [0.3, 0.4) is 0 Å². The van der Waals surface area contributed by atoms with E-state index < -0.39 is 47.5 Å². The van der Waals surface area contributed by atoms with E-state index in [9.17, 15) is 29.4 Å².